The van der Waals surface area contributed by atoms with E-state index in [1.54, 1.807) is 81.7 Å². The first-order chi connectivity index (χ1) is 17.8. The Morgan fingerprint density at radius 2 is 1.79 bits per heavy atom. The van der Waals surface area contributed by atoms with E-state index in [-0.39, 0.29) is 23.0 Å². The van der Waals surface area contributed by atoms with Crippen molar-refractivity contribution in [1.82, 2.24) is 9.88 Å². The number of benzene rings is 2. The maximum atomic E-state index is 12.8. The molecule has 9 nitrogen and oxygen atoms in total. The number of aromatic nitrogens is 1. The predicted molar refractivity (Wildman–Crippen MR) is 150 cm³/mol. The number of hydrogen-bond acceptors (Lipinski definition) is 7. The molecule has 1 unspecified atom stereocenters. The Morgan fingerprint density at radius 1 is 1.13 bits per heavy atom. The topological polar surface area (TPSA) is 135 Å². The summed E-state index contributed by atoms with van der Waals surface area (Å²) in [5, 5.41) is 10.6. The summed E-state index contributed by atoms with van der Waals surface area (Å²) in [4.78, 5) is 18.6. The van der Waals surface area contributed by atoms with E-state index in [0.717, 1.165) is 5.56 Å². The van der Waals surface area contributed by atoms with E-state index in [4.69, 9.17) is 22.7 Å². The van der Waals surface area contributed by atoms with E-state index >= 15 is 0 Å². The second-order valence-corrected chi connectivity index (χ2v) is 11.8. The minimum Gasteiger partial charge on any atom is -0.444 e. The number of ether oxygens (including phenoxy) is 1. The van der Waals surface area contributed by atoms with Gasteiger partial charge >= 0.3 is 6.09 Å². The van der Waals surface area contributed by atoms with Crippen LogP contribution in [0.25, 0.3) is 0 Å². The molecule has 3 aromatic rings. The molecule has 11 heteroatoms. The van der Waals surface area contributed by atoms with Gasteiger partial charge < -0.3 is 20.5 Å². The third-order valence-corrected chi connectivity index (χ3v) is 7.07. The minimum atomic E-state index is -3.80. The molecule has 1 aromatic heterocycles. The van der Waals surface area contributed by atoms with E-state index in [1.807, 2.05) is 0 Å². The lowest BCUT2D eigenvalue weighted by Gasteiger charge is -2.29. The maximum Gasteiger partial charge on any atom is 0.410 e. The Hall–Kier alpha value is -3.54. The van der Waals surface area contributed by atoms with Crippen molar-refractivity contribution in [3.8, 4) is 0 Å². The molecule has 1 heterocycles. The fraction of sp³-hybridized carbons (Fsp3) is 0.296. The Morgan fingerprint density at radius 3 is 2.34 bits per heavy atom. The summed E-state index contributed by atoms with van der Waals surface area (Å²) in [5.74, 6) is 0. The first-order valence-corrected chi connectivity index (χ1v) is 13.8. The molecule has 1 amide bonds. The smallest absolute Gasteiger partial charge is 0.410 e. The second kappa shape index (κ2) is 12.3. The van der Waals surface area contributed by atoms with E-state index in [0.29, 0.717) is 23.2 Å². The van der Waals surface area contributed by atoms with Gasteiger partial charge in [-0.2, -0.15) is 0 Å². The molecule has 0 aliphatic carbocycles. The SMILES string of the molecule is CC(C)(C)OC(=O)N(CCc1ccc(NS(=O)(=O)c2ccc(C(N)=S)cc2)cc1)CC(O)c1cccnc1. The molecule has 2 aromatic carbocycles. The first-order valence-electron chi connectivity index (χ1n) is 11.9. The number of pyridine rings is 1. The minimum absolute atomic E-state index is 0.0339. The Labute approximate surface area is 228 Å². The monoisotopic (exact) mass is 556 g/mol. The quantitative estimate of drug-likeness (QED) is 0.319. The van der Waals surface area contributed by atoms with Crippen molar-refractivity contribution in [2.75, 3.05) is 17.8 Å². The number of carbonyl (C=O) groups excluding carboxylic acids is 1. The average Bonchev–Trinajstić information content (AvgIpc) is 2.86. The summed E-state index contributed by atoms with van der Waals surface area (Å²) in [6.45, 7) is 5.66. The third kappa shape index (κ3) is 8.51. The van der Waals surface area contributed by atoms with Gasteiger partial charge in [-0.25, -0.2) is 13.2 Å². The number of nitrogens with zero attached hydrogens (tertiary/aromatic N) is 2. The predicted octanol–water partition coefficient (Wildman–Crippen LogP) is 4.03. The van der Waals surface area contributed by atoms with Gasteiger partial charge in [0.25, 0.3) is 10.0 Å². The van der Waals surface area contributed by atoms with Crippen molar-refractivity contribution < 1.29 is 23.1 Å². The third-order valence-electron chi connectivity index (χ3n) is 5.44. The average molecular weight is 557 g/mol. The summed E-state index contributed by atoms with van der Waals surface area (Å²) >= 11 is 4.90. The van der Waals surface area contributed by atoms with E-state index in [2.05, 4.69) is 9.71 Å². The second-order valence-electron chi connectivity index (χ2n) is 9.67. The molecular weight excluding hydrogens is 524 g/mol. The number of carbonyl (C=O) groups is 1. The Balaban J connectivity index is 1.66. The molecule has 0 fully saturated rings. The van der Waals surface area contributed by atoms with E-state index in [1.165, 1.54) is 17.0 Å². The van der Waals surface area contributed by atoms with Crippen LogP contribution in [0.2, 0.25) is 0 Å². The highest BCUT2D eigenvalue weighted by atomic mass is 32.2. The molecule has 0 aliphatic rings. The number of anilines is 1. The molecule has 38 heavy (non-hydrogen) atoms. The highest BCUT2D eigenvalue weighted by Gasteiger charge is 2.24. The summed E-state index contributed by atoms with van der Waals surface area (Å²) in [7, 11) is -3.80. The van der Waals surface area contributed by atoms with E-state index < -0.39 is 27.8 Å². The van der Waals surface area contributed by atoms with Crippen LogP contribution < -0.4 is 10.5 Å². The Kier molecular flexibility index (Phi) is 9.42. The summed E-state index contributed by atoms with van der Waals surface area (Å²) in [5.41, 5.74) is 7.32. The number of thiocarbonyl (C=S) groups is 1. The van der Waals surface area contributed by atoms with Gasteiger partial charge in [-0.3, -0.25) is 9.71 Å². The van der Waals surface area contributed by atoms with Gasteiger partial charge in [0, 0.05) is 35.8 Å². The summed E-state index contributed by atoms with van der Waals surface area (Å²) in [6, 6.07) is 16.3. The van der Waals surface area contributed by atoms with Gasteiger partial charge in [0.2, 0.25) is 0 Å². The van der Waals surface area contributed by atoms with Crippen LogP contribution in [0, 0.1) is 0 Å². The molecule has 0 saturated carbocycles. The molecule has 0 saturated heterocycles. The van der Waals surface area contributed by atoms with Crippen LogP contribution in [0.5, 0.6) is 0 Å². The van der Waals surface area contributed by atoms with E-state index in [9.17, 15) is 18.3 Å². The number of amides is 1. The van der Waals surface area contributed by atoms with Crippen molar-refractivity contribution in [2.45, 2.75) is 43.8 Å². The van der Waals surface area contributed by atoms with Gasteiger partial charge in [-0.1, -0.05) is 42.5 Å². The van der Waals surface area contributed by atoms with Gasteiger partial charge in [-0.05, 0) is 63.1 Å². The van der Waals surface area contributed by atoms with Crippen molar-refractivity contribution in [3.63, 3.8) is 0 Å². The molecule has 0 aliphatic heterocycles. The number of rotatable bonds is 10. The van der Waals surface area contributed by atoms with Crippen LogP contribution in [0.1, 0.15) is 43.6 Å². The van der Waals surface area contributed by atoms with Crippen LogP contribution in [-0.2, 0) is 21.2 Å². The van der Waals surface area contributed by atoms with Crippen LogP contribution in [0.4, 0.5) is 10.5 Å². The standard InChI is InChI=1S/C27H32N4O5S2/c1-27(2,3)36-26(33)31(18-24(32)21-5-4-15-29-17-21)16-14-19-6-10-22(11-7-19)30-38(34,35)23-12-8-20(9-13-23)25(28)37/h4-13,15,17,24,30,32H,14,16,18H2,1-3H3,(H2,28,37). The largest absolute Gasteiger partial charge is 0.444 e. The highest BCUT2D eigenvalue weighted by molar-refractivity contribution is 7.92. The lowest BCUT2D eigenvalue weighted by Crippen LogP contribution is -2.40. The fourth-order valence-electron chi connectivity index (χ4n) is 3.49. The van der Waals surface area contributed by atoms with Crippen LogP contribution in [-0.4, -0.2) is 53.2 Å². The molecule has 0 bridgehead atoms. The number of hydrogen-bond donors (Lipinski definition) is 3. The molecule has 1 atom stereocenters. The summed E-state index contributed by atoms with van der Waals surface area (Å²) < 4.78 is 33.5. The first kappa shape index (κ1) is 29.0. The van der Waals surface area contributed by atoms with Crippen molar-refractivity contribution in [1.29, 1.82) is 0 Å². The highest BCUT2D eigenvalue weighted by Crippen LogP contribution is 2.20. The van der Waals surface area contributed by atoms with Crippen LogP contribution in [0.3, 0.4) is 0 Å². The number of nitrogens with one attached hydrogen (secondary N) is 1. The molecule has 4 N–H and O–H groups in total. The molecule has 202 valence electrons. The van der Waals surface area contributed by atoms with Crippen LogP contribution in [0.15, 0.2) is 78.0 Å². The van der Waals surface area contributed by atoms with Gasteiger partial charge in [0.15, 0.2) is 0 Å². The van der Waals surface area contributed by atoms with Crippen LogP contribution >= 0.6 is 12.2 Å². The Bertz CT molecular complexity index is 1340. The van der Waals surface area contributed by atoms with Crippen molar-refractivity contribution in [3.05, 3.63) is 89.7 Å². The number of sulfonamides is 1. The molecule has 0 radical (unpaired) electrons. The van der Waals surface area contributed by atoms with Gasteiger partial charge in [0.1, 0.15) is 10.6 Å². The van der Waals surface area contributed by atoms with Crippen molar-refractivity contribution in [2.24, 2.45) is 5.73 Å². The van der Waals surface area contributed by atoms with Crippen molar-refractivity contribution >= 4 is 39.0 Å². The zero-order valence-corrected chi connectivity index (χ0v) is 23.1. The van der Waals surface area contributed by atoms with Gasteiger partial charge in [0.05, 0.1) is 17.5 Å². The molecule has 0 spiro atoms. The zero-order valence-electron chi connectivity index (χ0n) is 21.5. The lowest BCUT2D eigenvalue weighted by atomic mass is 10.1. The fourth-order valence-corrected chi connectivity index (χ4v) is 4.68. The molecule has 3 rings (SSSR count). The molecular formula is C27H32N4O5S2. The maximum absolute atomic E-state index is 12.8. The zero-order chi connectivity index (χ0) is 27.9. The van der Waals surface area contributed by atoms with Gasteiger partial charge in [-0.15, -0.1) is 0 Å². The summed E-state index contributed by atoms with van der Waals surface area (Å²) in [6.07, 6.45) is 2.17. The number of aliphatic hydroxyl groups is 1. The lowest BCUT2D eigenvalue weighted by molar-refractivity contribution is 0.0146. The number of aliphatic hydroxyl groups excluding tert-OH is 1. The number of nitrogens with two attached hydrogens (primary N) is 1. The normalized spacial score (nSPS) is 12.4.